The van der Waals surface area contributed by atoms with E-state index in [9.17, 15) is 4.79 Å². The van der Waals surface area contributed by atoms with Gasteiger partial charge in [0.15, 0.2) is 12.4 Å². The van der Waals surface area contributed by atoms with Crippen molar-refractivity contribution >= 4 is 11.7 Å². The molecule has 2 heterocycles. The molecule has 25 heavy (non-hydrogen) atoms. The molecular formula is C19H24N4O2. The largest absolute Gasteiger partial charge is 0.483 e. The molecule has 3 rings (SSSR count). The first-order chi connectivity index (χ1) is 12.1. The number of anilines is 1. The number of rotatable bonds is 4. The standard InChI is InChI=1S/C19H24N4O2/c1-15-6-3-7-17(16(15)2)25-14-19(24)23-11-5-10-22(12-13-23)18-8-4-9-20-21-18/h3-4,6-9H,5,10-14H2,1-2H3. The van der Waals surface area contributed by atoms with E-state index in [1.54, 1.807) is 6.20 Å². The van der Waals surface area contributed by atoms with Crippen molar-refractivity contribution in [3.8, 4) is 5.75 Å². The quantitative estimate of drug-likeness (QED) is 0.854. The predicted octanol–water partition coefficient (Wildman–Crippen LogP) is 2.21. The van der Waals surface area contributed by atoms with Gasteiger partial charge in [-0.25, -0.2) is 0 Å². The first kappa shape index (κ1) is 17.2. The molecule has 0 saturated carbocycles. The lowest BCUT2D eigenvalue weighted by atomic mass is 10.1. The summed E-state index contributed by atoms with van der Waals surface area (Å²) in [6.07, 6.45) is 2.58. The molecule has 132 valence electrons. The summed E-state index contributed by atoms with van der Waals surface area (Å²) < 4.78 is 5.76. The van der Waals surface area contributed by atoms with Gasteiger partial charge in [-0.3, -0.25) is 4.79 Å². The molecule has 0 bridgehead atoms. The Morgan fingerprint density at radius 2 is 2.00 bits per heavy atom. The summed E-state index contributed by atoms with van der Waals surface area (Å²) in [5, 5.41) is 8.09. The maximum absolute atomic E-state index is 12.5. The molecule has 0 radical (unpaired) electrons. The van der Waals surface area contributed by atoms with Gasteiger partial charge >= 0.3 is 0 Å². The summed E-state index contributed by atoms with van der Waals surface area (Å²) in [7, 11) is 0. The van der Waals surface area contributed by atoms with Crippen LogP contribution in [0.25, 0.3) is 0 Å². The first-order valence-corrected chi connectivity index (χ1v) is 8.64. The van der Waals surface area contributed by atoms with E-state index < -0.39 is 0 Å². The third-order valence-electron chi connectivity index (χ3n) is 4.64. The Balaban J connectivity index is 1.55. The molecular weight excluding hydrogens is 316 g/mol. The Hall–Kier alpha value is -2.63. The fraction of sp³-hybridized carbons (Fsp3) is 0.421. The normalized spacial score (nSPS) is 15.0. The monoisotopic (exact) mass is 340 g/mol. The summed E-state index contributed by atoms with van der Waals surface area (Å²) in [4.78, 5) is 16.6. The van der Waals surface area contributed by atoms with E-state index in [-0.39, 0.29) is 12.5 Å². The van der Waals surface area contributed by atoms with Crippen LogP contribution in [0.4, 0.5) is 5.82 Å². The van der Waals surface area contributed by atoms with Gasteiger partial charge in [0.1, 0.15) is 5.75 Å². The molecule has 1 aromatic carbocycles. The molecule has 0 atom stereocenters. The molecule has 1 aliphatic heterocycles. The van der Waals surface area contributed by atoms with Crippen molar-refractivity contribution in [1.29, 1.82) is 0 Å². The van der Waals surface area contributed by atoms with Crippen LogP contribution in [-0.4, -0.2) is 53.8 Å². The Morgan fingerprint density at radius 3 is 2.80 bits per heavy atom. The minimum atomic E-state index is 0.0295. The van der Waals surface area contributed by atoms with Gasteiger partial charge in [-0.2, -0.15) is 5.10 Å². The van der Waals surface area contributed by atoms with Crippen molar-refractivity contribution in [2.45, 2.75) is 20.3 Å². The van der Waals surface area contributed by atoms with Crippen LogP contribution >= 0.6 is 0 Å². The molecule has 1 aromatic heterocycles. The number of carbonyl (C=O) groups is 1. The molecule has 0 aliphatic carbocycles. The molecule has 0 N–H and O–H groups in total. The topological polar surface area (TPSA) is 58.6 Å². The molecule has 1 saturated heterocycles. The van der Waals surface area contributed by atoms with Crippen LogP contribution in [-0.2, 0) is 4.79 Å². The van der Waals surface area contributed by atoms with Gasteiger partial charge in [0, 0.05) is 32.4 Å². The van der Waals surface area contributed by atoms with Crippen LogP contribution in [0.5, 0.6) is 5.75 Å². The maximum Gasteiger partial charge on any atom is 0.260 e. The summed E-state index contributed by atoms with van der Waals surface area (Å²) in [5.41, 5.74) is 2.25. The molecule has 1 fully saturated rings. The second kappa shape index (κ2) is 7.96. The zero-order chi connectivity index (χ0) is 17.6. The molecule has 6 heteroatoms. The summed E-state index contributed by atoms with van der Waals surface area (Å²) in [5.74, 6) is 1.68. The van der Waals surface area contributed by atoms with E-state index >= 15 is 0 Å². The minimum Gasteiger partial charge on any atom is -0.483 e. The molecule has 0 unspecified atom stereocenters. The molecule has 1 aliphatic rings. The number of hydrogen-bond acceptors (Lipinski definition) is 5. The van der Waals surface area contributed by atoms with Crippen LogP contribution in [0.3, 0.4) is 0 Å². The van der Waals surface area contributed by atoms with E-state index in [0.717, 1.165) is 43.2 Å². The highest BCUT2D eigenvalue weighted by molar-refractivity contribution is 5.78. The van der Waals surface area contributed by atoms with Gasteiger partial charge in [0.05, 0.1) is 0 Å². The zero-order valence-corrected chi connectivity index (χ0v) is 14.8. The highest BCUT2D eigenvalue weighted by atomic mass is 16.5. The van der Waals surface area contributed by atoms with E-state index in [1.807, 2.05) is 49.1 Å². The lowest BCUT2D eigenvalue weighted by Crippen LogP contribution is -2.38. The van der Waals surface area contributed by atoms with E-state index in [1.165, 1.54) is 5.56 Å². The summed E-state index contributed by atoms with van der Waals surface area (Å²) in [6.45, 7) is 7.18. The highest BCUT2D eigenvalue weighted by Gasteiger charge is 2.20. The Kier molecular flexibility index (Phi) is 5.48. The van der Waals surface area contributed by atoms with Crippen LogP contribution in [0.15, 0.2) is 36.5 Å². The number of carbonyl (C=O) groups excluding carboxylic acids is 1. The van der Waals surface area contributed by atoms with Gasteiger partial charge in [-0.1, -0.05) is 12.1 Å². The van der Waals surface area contributed by atoms with Gasteiger partial charge < -0.3 is 14.5 Å². The van der Waals surface area contributed by atoms with Gasteiger partial charge in [-0.15, -0.1) is 5.10 Å². The Morgan fingerprint density at radius 1 is 1.12 bits per heavy atom. The molecule has 6 nitrogen and oxygen atoms in total. The number of aryl methyl sites for hydroxylation is 1. The first-order valence-electron chi connectivity index (χ1n) is 8.64. The summed E-state index contributed by atoms with van der Waals surface area (Å²) >= 11 is 0. The van der Waals surface area contributed by atoms with Crippen LogP contribution in [0.2, 0.25) is 0 Å². The van der Waals surface area contributed by atoms with E-state index in [2.05, 4.69) is 15.1 Å². The SMILES string of the molecule is Cc1cccc(OCC(=O)N2CCCN(c3cccnn3)CC2)c1C. The van der Waals surface area contributed by atoms with Crippen LogP contribution < -0.4 is 9.64 Å². The third-order valence-corrected chi connectivity index (χ3v) is 4.64. The number of amides is 1. The predicted molar refractivity (Wildman–Crippen MR) is 96.9 cm³/mol. The zero-order valence-electron chi connectivity index (χ0n) is 14.8. The second-order valence-corrected chi connectivity index (χ2v) is 6.29. The van der Waals surface area contributed by atoms with Crippen molar-refractivity contribution < 1.29 is 9.53 Å². The van der Waals surface area contributed by atoms with Crippen molar-refractivity contribution in [3.63, 3.8) is 0 Å². The van der Waals surface area contributed by atoms with Crippen LogP contribution in [0.1, 0.15) is 17.5 Å². The molecule has 1 amide bonds. The van der Waals surface area contributed by atoms with Crippen molar-refractivity contribution in [1.82, 2.24) is 15.1 Å². The number of nitrogens with zero attached hydrogens (tertiary/aromatic N) is 4. The fourth-order valence-electron chi connectivity index (χ4n) is 2.97. The van der Waals surface area contributed by atoms with Gasteiger partial charge in [-0.05, 0) is 49.6 Å². The number of benzene rings is 1. The Labute approximate surface area is 148 Å². The molecule has 0 spiro atoms. The van der Waals surface area contributed by atoms with Crippen molar-refractivity contribution in [2.24, 2.45) is 0 Å². The van der Waals surface area contributed by atoms with Crippen LogP contribution in [0, 0.1) is 13.8 Å². The fourth-order valence-corrected chi connectivity index (χ4v) is 2.97. The average molecular weight is 340 g/mol. The van der Waals surface area contributed by atoms with E-state index in [0.29, 0.717) is 6.54 Å². The van der Waals surface area contributed by atoms with Crippen molar-refractivity contribution in [2.75, 3.05) is 37.7 Å². The maximum atomic E-state index is 12.5. The number of aromatic nitrogens is 2. The Bertz CT molecular complexity index is 721. The van der Waals surface area contributed by atoms with E-state index in [4.69, 9.17) is 4.74 Å². The highest BCUT2D eigenvalue weighted by Crippen LogP contribution is 2.20. The smallest absolute Gasteiger partial charge is 0.260 e. The summed E-state index contributed by atoms with van der Waals surface area (Å²) in [6, 6.07) is 9.74. The second-order valence-electron chi connectivity index (χ2n) is 6.29. The minimum absolute atomic E-state index is 0.0295. The van der Waals surface area contributed by atoms with Gasteiger partial charge in [0.2, 0.25) is 0 Å². The van der Waals surface area contributed by atoms with Crippen molar-refractivity contribution in [3.05, 3.63) is 47.7 Å². The lowest BCUT2D eigenvalue weighted by Gasteiger charge is -2.22. The average Bonchev–Trinajstić information content (AvgIpc) is 2.90. The third kappa shape index (κ3) is 4.26. The van der Waals surface area contributed by atoms with Gasteiger partial charge in [0.25, 0.3) is 5.91 Å². The lowest BCUT2D eigenvalue weighted by molar-refractivity contribution is -0.133. The number of hydrogen-bond donors (Lipinski definition) is 0. The molecule has 2 aromatic rings. The number of ether oxygens (including phenoxy) is 1.